The van der Waals surface area contributed by atoms with Crippen molar-refractivity contribution in [2.24, 2.45) is 5.10 Å². The number of benzene rings is 2. The molecule has 0 fully saturated rings. The van der Waals surface area contributed by atoms with Crippen LogP contribution in [0.25, 0.3) is 10.9 Å². The zero-order valence-electron chi connectivity index (χ0n) is 13.3. The quantitative estimate of drug-likeness (QED) is 0.683. The molecule has 2 aromatic carbocycles. The molecule has 2 N–H and O–H groups in total. The van der Waals surface area contributed by atoms with E-state index in [1.165, 1.54) is 30.3 Å². The van der Waals surface area contributed by atoms with Gasteiger partial charge in [0.1, 0.15) is 11.6 Å². The zero-order chi connectivity index (χ0) is 17.4. The summed E-state index contributed by atoms with van der Waals surface area (Å²) in [5, 5.41) is 4.95. The molecule has 4 nitrogen and oxygen atoms in total. The lowest BCUT2D eigenvalue weighted by molar-refractivity contribution is 0.0950. The van der Waals surface area contributed by atoms with E-state index in [-0.39, 0.29) is 11.4 Å². The number of halogens is 2. The topological polar surface area (TPSA) is 57.2 Å². The minimum absolute atomic E-state index is 0.0622. The third-order valence-electron chi connectivity index (χ3n) is 4.38. The number of rotatable bonds is 2. The number of carbonyl (C=O) groups excluding carboxylic acids is 1. The molecule has 0 spiro atoms. The molecular weight excluding hydrogens is 324 g/mol. The van der Waals surface area contributed by atoms with E-state index >= 15 is 0 Å². The Morgan fingerprint density at radius 3 is 2.80 bits per heavy atom. The summed E-state index contributed by atoms with van der Waals surface area (Å²) in [5.41, 5.74) is 5.67. The Balaban J connectivity index is 1.70. The Bertz CT molecular complexity index is 1010. The van der Waals surface area contributed by atoms with Crippen LogP contribution in [0.2, 0.25) is 0 Å². The summed E-state index contributed by atoms with van der Waals surface area (Å²) in [6.07, 6.45) is 2.37. The molecule has 6 heteroatoms. The van der Waals surface area contributed by atoms with Gasteiger partial charge in [-0.25, -0.2) is 14.2 Å². The van der Waals surface area contributed by atoms with Gasteiger partial charge in [-0.3, -0.25) is 4.79 Å². The lowest BCUT2D eigenvalue weighted by atomic mass is 9.93. The molecule has 1 aliphatic rings. The normalized spacial score (nSPS) is 15.4. The smallest absolute Gasteiger partial charge is 0.274 e. The first-order chi connectivity index (χ1) is 12.1. The Hall–Kier alpha value is -3.02. The minimum Gasteiger partial charge on any atom is -0.358 e. The number of aromatic nitrogens is 1. The summed E-state index contributed by atoms with van der Waals surface area (Å²) >= 11 is 0. The van der Waals surface area contributed by atoms with Crippen LogP contribution in [0.5, 0.6) is 0 Å². The number of nitrogens with zero attached hydrogens (tertiary/aromatic N) is 1. The number of amides is 1. The summed E-state index contributed by atoms with van der Waals surface area (Å²) in [5.74, 6) is -1.53. The Labute approximate surface area is 142 Å². The van der Waals surface area contributed by atoms with Crippen molar-refractivity contribution in [2.75, 3.05) is 0 Å². The van der Waals surface area contributed by atoms with Crippen LogP contribution >= 0.6 is 0 Å². The molecule has 126 valence electrons. The van der Waals surface area contributed by atoms with Gasteiger partial charge in [-0.1, -0.05) is 12.1 Å². The minimum atomic E-state index is -0.608. The van der Waals surface area contributed by atoms with Crippen LogP contribution in [0.4, 0.5) is 8.78 Å². The number of carbonyl (C=O) groups is 1. The third-order valence-corrected chi connectivity index (χ3v) is 4.38. The molecule has 1 aromatic heterocycles. The van der Waals surface area contributed by atoms with Gasteiger partial charge in [-0.2, -0.15) is 5.10 Å². The maximum Gasteiger partial charge on any atom is 0.274 e. The van der Waals surface area contributed by atoms with Crippen molar-refractivity contribution in [3.05, 3.63) is 70.9 Å². The fourth-order valence-corrected chi connectivity index (χ4v) is 3.23. The molecule has 1 amide bonds. The molecule has 0 aliphatic heterocycles. The summed E-state index contributed by atoms with van der Waals surface area (Å²) in [6.45, 7) is 0. The average Bonchev–Trinajstić information content (AvgIpc) is 2.98. The Kier molecular flexibility index (Phi) is 3.80. The van der Waals surface area contributed by atoms with E-state index in [0.29, 0.717) is 12.1 Å². The summed E-state index contributed by atoms with van der Waals surface area (Å²) in [7, 11) is 0. The van der Waals surface area contributed by atoms with E-state index in [9.17, 15) is 13.6 Å². The SMILES string of the molecule is O=C(NN=C1CCCc2[nH]c3ccc(F)cc3c21)c1ccccc1F. The maximum atomic E-state index is 13.7. The largest absolute Gasteiger partial charge is 0.358 e. The van der Waals surface area contributed by atoms with Crippen LogP contribution in [0.3, 0.4) is 0 Å². The van der Waals surface area contributed by atoms with Gasteiger partial charge in [0.05, 0.1) is 11.3 Å². The summed E-state index contributed by atoms with van der Waals surface area (Å²) in [6, 6.07) is 10.3. The molecular formula is C19H15F2N3O. The highest BCUT2D eigenvalue weighted by molar-refractivity contribution is 6.13. The van der Waals surface area contributed by atoms with E-state index in [1.54, 1.807) is 12.1 Å². The molecule has 0 saturated carbocycles. The van der Waals surface area contributed by atoms with E-state index in [4.69, 9.17) is 0 Å². The van der Waals surface area contributed by atoms with Crippen LogP contribution in [-0.4, -0.2) is 16.6 Å². The molecule has 0 unspecified atom stereocenters. The molecule has 3 aromatic rings. The van der Waals surface area contributed by atoms with Gasteiger partial charge in [0.2, 0.25) is 0 Å². The van der Waals surface area contributed by atoms with Crippen LogP contribution in [0.15, 0.2) is 47.6 Å². The first kappa shape index (κ1) is 15.5. The van der Waals surface area contributed by atoms with Crippen molar-refractivity contribution in [3.63, 3.8) is 0 Å². The predicted molar refractivity (Wildman–Crippen MR) is 91.6 cm³/mol. The number of nitrogens with one attached hydrogen (secondary N) is 2. The van der Waals surface area contributed by atoms with Crippen LogP contribution < -0.4 is 5.43 Å². The van der Waals surface area contributed by atoms with Gasteiger partial charge in [-0.15, -0.1) is 0 Å². The molecule has 1 heterocycles. The van der Waals surface area contributed by atoms with Crippen molar-refractivity contribution >= 4 is 22.5 Å². The van der Waals surface area contributed by atoms with E-state index in [1.807, 2.05) is 0 Å². The summed E-state index contributed by atoms with van der Waals surface area (Å²) < 4.78 is 27.3. The van der Waals surface area contributed by atoms with Crippen molar-refractivity contribution in [1.82, 2.24) is 10.4 Å². The molecule has 0 bridgehead atoms. The second kappa shape index (κ2) is 6.12. The summed E-state index contributed by atoms with van der Waals surface area (Å²) in [4.78, 5) is 15.4. The number of aryl methyl sites for hydroxylation is 1. The van der Waals surface area contributed by atoms with E-state index in [0.717, 1.165) is 35.0 Å². The number of aromatic amines is 1. The zero-order valence-corrected chi connectivity index (χ0v) is 13.3. The van der Waals surface area contributed by atoms with Crippen molar-refractivity contribution in [1.29, 1.82) is 0 Å². The molecule has 1 aliphatic carbocycles. The maximum absolute atomic E-state index is 13.7. The van der Waals surface area contributed by atoms with Crippen LogP contribution in [0.1, 0.15) is 34.5 Å². The van der Waals surface area contributed by atoms with Crippen molar-refractivity contribution < 1.29 is 13.6 Å². The number of H-pyrrole nitrogens is 1. The first-order valence-electron chi connectivity index (χ1n) is 8.05. The van der Waals surface area contributed by atoms with Gasteiger partial charge in [-0.05, 0) is 49.6 Å². The fraction of sp³-hybridized carbons (Fsp3) is 0.158. The molecule has 0 radical (unpaired) electrons. The number of hydrogen-bond donors (Lipinski definition) is 2. The standard InChI is InChI=1S/C19H15F2N3O/c20-11-8-9-15-13(10-11)18-16(22-15)6-3-7-17(18)23-24-19(25)12-4-1-2-5-14(12)21/h1-2,4-5,8-10,22H,3,6-7H2,(H,24,25). The monoisotopic (exact) mass is 339 g/mol. The van der Waals surface area contributed by atoms with Gasteiger partial charge in [0, 0.05) is 22.2 Å². The van der Waals surface area contributed by atoms with Gasteiger partial charge < -0.3 is 4.98 Å². The second-order valence-electron chi connectivity index (χ2n) is 6.00. The molecule has 0 atom stereocenters. The fourth-order valence-electron chi connectivity index (χ4n) is 3.23. The molecule has 4 rings (SSSR count). The molecule has 0 saturated heterocycles. The van der Waals surface area contributed by atoms with Gasteiger partial charge in [0.15, 0.2) is 0 Å². The highest BCUT2D eigenvalue weighted by Crippen LogP contribution is 2.30. The Morgan fingerprint density at radius 2 is 1.96 bits per heavy atom. The predicted octanol–water partition coefficient (Wildman–Crippen LogP) is 3.92. The van der Waals surface area contributed by atoms with Gasteiger partial charge >= 0.3 is 0 Å². The first-order valence-corrected chi connectivity index (χ1v) is 8.05. The van der Waals surface area contributed by atoms with Crippen molar-refractivity contribution in [3.8, 4) is 0 Å². The highest BCUT2D eigenvalue weighted by atomic mass is 19.1. The number of hydrazone groups is 1. The van der Waals surface area contributed by atoms with E-state index < -0.39 is 11.7 Å². The third kappa shape index (κ3) is 2.80. The number of fused-ring (bicyclic) bond motifs is 3. The average molecular weight is 339 g/mol. The van der Waals surface area contributed by atoms with E-state index in [2.05, 4.69) is 15.5 Å². The van der Waals surface area contributed by atoms with Crippen LogP contribution in [0, 0.1) is 11.6 Å². The number of hydrogen-bond acceptors (Lipinski definition) is 2. The lowest BCUT2D eigenvalue weighted by Crippen LogP contribution is -2.22. The van der Waals surface area contributed by atoms with Gasteiger partial charge in [0.25, 0.3) is 5.91 Å². The second-order valence-corrected chi connectivity index (χ2v) is 6.00. The van der Waals surface area contributed by atoms with Crippen molar-refractivity contribution in [2.45, 2.75) is 19.3 Å². The lowest BCUT2D eigenvalue weighted by Gasteiger charge is -2.14. The molecule has 25 heavy (non-hydrogen) atoms. The highest BCUT2D eigenvalue weighted by Gasteiger charge is 2.22. The Morgan fingerprint density at radius 1 is 1.12 bits per heavy atom. The van der Waals surface area contributed by atoms with Crippen LogP contribution in [-0.2, 0) is 6.42 Å².